The molecule has 80 valence electrons. The van der Waals surface area contributed by atoms with Crippen molar-refractivity contribution in [2.24, 2.45) is 5.73 Å². The van der Waals surface area contributed by atoms with Gasteiger partial charge in [-0.3, -0.25) is 4.79 Å². The summed E-state index contributed by atoms with van der Waals surface area (Å²) in [5.74, 6) is -0.105. The summed E-state index contributed by atoms with van der Waals surface area (Å²) in [5.41, 5.74) is 5.27. The van der Waals surface area contributed by atoms with Crippen LogP contribution in [0, 0.1) is 0 Å². The Labute approximate surface area is 89.2 Å². The largest absolute Gasteiger partial charge is 0.393 e. The molecule has 5 heteroatoms. The van der Waals surface area contributed by atoms with Gasteiger partial charge in [0.15, 0.2) is 0 Å². The maximum absolute atomic E-state index is 11.3. The number of nitrogens with one attached hydrogen (secondary N) is 1. The molecule has 14 heavy (non-hydrogen) atoms. The number of nitrogens with two attached hydrogens (primary N) is 1. The van der Waals surface area contributed by atoms with Crippen molar-refractivity contribution in [2.75, 3.05) is 7.11 Å². The van der Waals surface area contributed by atoms with Gasteiger partial charge in [0.2, 0.25) is 5.91 Å². The standard InChI is InChI=1S/C9H16N2O2S/c1-13-7-4-2-3-6(7)11-9(12)5-8(10)14/h6-7H,2-5H2,1H3,(H2,10,14)(H,11,12). The summed E-state index contributed by atoms with van der Waals surface area (Å²) < 4.78 is 5.25. The molecule has 1 aliphatic carbocycles. The summed E-state index contributed by atoms with van der Waals surface area (Å²) in [6, 6.07) is 0.127. The molecule has 0 spiro atoms. The van der Waals surface area contributed by atoms with Crippen LogP contribution in [0.5, 0.6) is 0 Å². The van der Waals surface area contributed by atoms with Crippen LogP contribution >= 0.6 is 12.2 Å². The Morgan fingerprint density at radius 2 is 2.36 bits per heavy atom. The van der Waals surface area contributed by atoms with Crippen molar-refractivity contribution >= 4 is 23.1 Å². The zero-order valence-corrected chi connectivity index (χ0v) is 9.10. The average molecular weight is 216 g/mol. The number of carbonyl (C=O) groups is 1. The minimum atomic E-state index is -0.105. The normalized spacial score (nSPS) is 26.1. The molecule has 0 heterocycles. The fourth-order valence-electron chi connectivity index (χ4n) is 1.79. The third kappa shape index (κ3) is 3.23. The smallest absolute Gasteiger partial charge is 0.227 e. The van der Waals surface area contributed by atoms with Crippen LogP contribution in [0.25, 0.3) is 0 Å². The molecule has 0 aromatic heterocycles. The Morgan fingerprint density at radius 3 is 2.93 bits per heavy atom. The summed E-state index contributed by atoms with van der Waals surface area (Å²) in [4.78, 5) is 11.6. The number of amides is 1. The molecule has 4 nitrogen and oxygen atoms in total. The number of methoxy groups -OCH3 is 1. The number of ether oxygens (including phenoxy) is 1. The lowest BCUT2D eigenvalue weighted by atomic mass is 10.2. The maximum Gasteiger partial charge on any atom is 0.227 e. The van der Waals surface area contributed by atoms with Gasteiger partial charge in [-0.25, -0.2) is 0 Å². The first kappa shape index (κ1) is 11.4. The molecular formula is C9H16N2O2S. The Bertz CT molecular complexity index is 233. The minimum absolute atomic E-state index is 0.105. The van der Waals surface area contributed by atoms with E-state index in [2.05, 4.69) is 17.5 Å². The minimum Gasteiger partial charge on any atom is -0.393 e. The highest BCUT2D eigenvalue weighted by molar-refractivity contribution is 7.80. The molecule has 2 unspecified atom stereocenters. The van der Waals surface area contributed by atoms with Crippen LogP contribution in [0.15, 0.2) is 0 Å². The van der Waals surface area contributed by atoms with Gasteiger partial charge >= 0.3 is 0 Å². The Hall–Kier alpha value is -0.680. The predicted molar refractivity (Wildman–Crippen MR) is 58.0 cm³/mol. The third-order valence-electron chi connectivity index (χ3n) is 2.44. The van der Waals surface area contributed by atoms with Gasteiger partial charge in [0, 0.05) is 7.11 Å². The molecule has 1 saturated carbocycles. The molecule has 0 saturated heterocycles. The van der Waals surface area contributed by atoms with E-state index in [4.69, 9.17) is 10.5 Å². The number of rotatable bonds is 4. The van der Waals surface area contributed by atoms with Crippen molar-refractivity contribution in [3.8, 4) is 0 Å². The first-order chi connectivity index (χ1) is 6.63. The molecule has 0 aromatic carbocycles. The summed E-state index contributed by atoms with van der Waals surface area (Å²) in [7, 11) is 1.67. The van der Waals surface area contributed by atoms with Gasteiger partial charge in [-0.2, -0.15) is 0 Å². The lowest BCUT2D eigenvalue weighted by Crippen LogP contribution is -2.41. The van der Waals surface area contributed by atoms with Crippen LogP contribution in [0.4, 0.5) is 0 Å². The van der Waals surface area contributed by atoms with Crippen LogP contribution in [0.1, 0.15) is 25.7 Å². The van der Waals surface area contributed by atoms with Gasteiger partial charge in [-0.05, 0) is 19.3 Å². The van der Waals surface area contributed by atoms with E-state index in [1.807, 2.05) is 0 Å². The predicted octanol–water partition coefficient (Wildman–Crippen LogP) is 0.346. The molecule has 1 aliphatic rings. The SMILES string of the molecule is COC1CCCC1NC(=O)CC(N)=S. The van der Waals surface area contributed by atoms with Crippen molar-refractivity contribution < 1.29 is 9.53 Å². The van der Waals surface area contributed by atoms with Crippen molar-refractivity contribution in [1.29, 1.82) is 0 Å². The molecule has 1 rings (SSSR count). The maximum atomic E-state index is 11.3. The summed E-state index contributed by atoms with van der Waals surface area (Å²) >= 11 is 4.66. The van der Waals surface area contributed by atoms with Gasteiger partial charge in [-0.1, -0.05) is 12.2 Å². The van der Waals surface area contributed by atoms with Gasteiger partial charge in [-0.15, -0.1) is 0 Å². The lowest BCUT2D eigenvalue weighted by Gasteiger charge is -2.19. The molecule has 0 bridgehead atoms. The van der Waals surface area contributed by atoms with Gasteiger partial charge in [0.05, 0.1) is 23.6 Å². The van der Waals surface area contributed by atoms with Crippen molar-refractivity contribution in [3.05, 3.63) is 0 Å². The van der Waals surface area contributed by atoms with Crippen LogP contribution in [-0.2, 0) is 9.53 Å². The van der Waals surface area contributed by atoms with Gasteiger partial charge in [0.1, 0.15) is 0 Å². The van der Waals surface area contributed by atoms with Crippen molar-refractivity contribution in [2.45, 2.75) is 37.8 Å². The first-order valence-corrected chi connectivity index (χ1v) is 5.14. The van der Waals surface area contributed by atoms with E-state index >= 15 is 0 Å². The van der Waals surface area contributed by atoms with E-state index in [0.29, 0.717) is 0 Å². The number of hydrogen-bond donors (Lipinski definition) is 2. The summed E-state index contributed by atoms with van der Waals surface area (Å²) in [6.45, 7) is 0. The lowest BCUT2D eigenvalue weighted by molar-refractivity contribution is -0.121. The molecular weight excluding hydrogens is 200 g/mol. The number of hydrogen-bond acceptors (Lipinski definition) is 3. The Balaban J connectivity index is 2.35. The second-order valence-corrected chi connectivity index (χ2v) is 4.05. The highest BCUT2D eigenvalue weighted by atomic mass is 32.1. The molecule has 1 fully saturated rings. The van der Waals surface area contributed by atoms with E-state index in [0.717, 1.165) is 19.3 Å². The van der Waals surface area contributed by atoms with E-state index in [1.54, 1.807) is 7.11 Å². The molecule has 3 N–H and O–H groups in total. The number of thiocarbonyl (C=S) groups is 1. The Morgan fingerprint density at radius 1 is 1.64 bits per heavy atom. The van der Waals surface area contributed by atoms with Gasteiger partial charge in [0.25, 0.3) is 0 Å². The highest BCUT2D eigenvalue weighted by Gasteiger charge is 2.28. The molecule has 0 radical (unpaired) electrons. The van der Waals surface area contributed by atoms with E-state index < -0.39 is 0 Å². The topological polar surface area (TPSA) is 64.3 Å². The molecule has 1 amide bonds. The summed E-state index contributed by atoms with van der Waals surface area (Å²) in [5, 5.41) is 2.88. The van der Waals surface area contributed by atoms with E-state index in [1.165, 1.54) is 0 Å². The molecule has 0 aliphatic heterocycles. The highest BCUT2D eigenvalue weighted by Crippen LogP contribution is 2.21. The van der Waals surface area contributed by atoms with Crippen molar-refractivity contribution in [1.82, 2.24) is 5.32 Å². The zero-order chi connectivity index (χ0) is 10.6. The van der Waals surface area contributed by atoms with Crippen LogP contribution < -0.4 is 11.1 Å². The number of carbonyl (C=O) groups excluding carboxylic acids is 1. The van der Waals surface area contributed by atoms with E-state index in [-0.39, 0.29) is 29.5 Å². The zero-order valence-electron chi connectivity index (χ0n) is 8.29. The molecule has 0 aromatic rings. The fourth-order valence-corrected chi connectivity index (χ4v) is 1.92. The van der Waals surface area contributed by atoms with Crippen LogP contribution in [0.3, 0.4) is 0 Å². The third-order valence-corrected chi connectivity index (χ3v) is 2.58. The first-order valence-electron chi connectivity index (χ1n) is 4.74. The summed E-state index contributed by atoms with van der Waals surface area (Å²) in [6.07, 6.45) is 3.35. The average Bonchev–Trinajstić information content (AvgIpc) is 2.50. The van der Waals surface area contributed by atoms with Crippen LogP contribution in [-0.4, -0.2) is 30.2 Å². The molecule has 2 atom stereocenters. The van der Waals surface area contributed by atoms with Gasteiger partial charge < -0.3 is 15.8 Å². The quantitative estimate of drug-likeness (QED) is 0.665. The fraction of sp³-hybridized carbons (Fsp3) is 0.778. The second-order valence-electron chi connectivity index (χ2n) is 3.52. The monoisotopic (exact) mass is 216 g/mol. The second kappa shape index (κ2) is 5.26. The Kier molecular flexibility index (Phi) is 4.28. The van der Waals surface area contributed by atoms with Crippen LogP contribution in [0.2, 0.25) is 0 Å². The van der Waals surface area contributed by atoms with E-state index in [9.17, 15) is 4.79 Å². The van der Waals surface area contributed by atoms with Crippen molar-refractivity contribution in [3.63, 3.8) is 0 Å².